The van der Waals surface area contributed by atoms with Crippen molar-refractivity contribution in [2.45, 2.75) is 44.8 Å². The third-order valence-electron chi connectivity index (χ3n) is 6.87. The molecule has 0 aliphatic carbocycles. The minimum absolute atomic E-state index is 0.0531. The van der Waals surface area contributed by atoms with Crippen molar-refractivity contribution in [2.75, 3.05) is 26.7 Å². The molecule has 2 aromatic rings. The van der Waals surface area contributed by atoms with Crippen molar-refractivity contribution in [1.29, 1.82) is 5.26 Å². The minimum atomic E-state index is -0.697. The number of nitrogens with zero attached hydrogens (tertiary/aromatic N) is 5. The van der Waals surface area contributed by atoms with E-state index >= 15 is 0 Å². The molecule has 0 aromatic carbocycles. The topological polar surface area (TPSA) is 142 Å². The van der Waals surface area contributed by atoms with Gasteiger partial charge in [-0.15, -0.1) is 4.48 Å². The number of aromatic nitrogens is 2. The number of likely N-dealkylation sites (N-methyl/N-ethyl adjacent to an activating group) is 1. The van der Waals surface area contributed by atoms with Crippen LogP contribution in [0, 0.1) is 11.3 Å². The highest BCUT2D eigenvalue weighted by Gasteiger charge is 2.48. The van der Waals surface area contributed by atoms with Crippen LogP contribution in [0.5, 0.6) is 5.75 Å². The van der Waals surface area contributed by atoms with Gasteiger partial charge in [0.1, 0.15) is 36.2 Å². The van der Waals surface area contributed by atoms with Crippen molar-refractivity contribution in [2.24, 2.45) is 5.73 Å². The fraction of sp³-hybridized carbons (Fsp3) is 0.458. The fourth-order valence-corrected chi connectivity index (χ4v) is 4.89. The van der Waals surface area contributed by atoms with E-state index in [0.29, 0.717) is 49.4 Å². The number of likely N-dealkylation sites (tertiary alicyclic amines) is 1. The number of rotatable bonds is 6. The molecule has 3 N–H and O–H groups in total. The summed E-state index contributed by atoms with van der Waals surface area (Å²) < 4.78 is 5.59. The van der Waals surface area contributed by atoms with Gasteiger partial charge in [0.25, 0.3) is 0 Å². The number of primary amides is 1. The van der Waals surface area contributed by atoms with Gasteiger partial charge in [-0.3, -0.25) is 4.79 Å². The average Bonchev–Trinajstić information content (AvgIpc) is 2.86. The average molecular weight is 466 g/mol. The fourth-order valence-electron chi connectivity index (χ4n) is 4.89. The number of urea groups is 1. The molecular formula is C24H29N6O4+. The summed E-state index contributed by atoms with van der Waals surface area (Å²) in [6, 6.07) is 4.93. The molecule has 2 unspecified atom stereocenters. The van der Waals surface area contributed by atoms with Crippen LogP contribution in [0.25, 0.3) is 0 Å². The number of quaternary nitrogens is 1. The van der Waals surface area contributed by atoms with Crippen LogP contribution in [-0.2, 0) is 13.0 Å². The number of aliphatic hydroxyl groups excluding tert-OH is 1. The standard InChI is InChI=1S/C24H28N6O4/c1-29-7-3-2-6-19(29)15-34-21-10-22(27-12-18(21)11-25)30(24(26)33)8-4-5-16-9-17(13-31)20(14-32)28-23(16)30/h9-10,12,14,19,31H,2-8,13,15H2,1H3,(H-,26,33)/p+1. The minimum Gasteiger partial charge on any atom is -0.490 e. The quantitative estimate of drug-likeness (QED) is 0.488. The van der Waals surface area contributed by atoms with E-state index in [0.717, 1.165) is 31.4 Å². The second-order valence-corrected chi connectivity index (χ2v) is 8.86. The van der Waals surface area contributed by atoms with Crippen LogP contribution in [0.3, 0.4) is 0 Å². The largest absolute Gasteiger partial charge is 0.490 e. The predicted molar refractivity (Wildman–Crippen MR) is 124 cm³/mol. The Bertz CT molecular complexity index is 1150. The predicted octanol–water partition coefficient (Wildman–Crippen LogP) is 2.18. The molecule has 10 heteroatoms. The van der Waals surface area contributed by atoms with Crippen LogP contribution in [0.15, 0.2) is 18.3 Å². The van der Waals surface area contributed by atoms with Crippen LogP contribution in [-0.4, -0.2) is 65.1 Å². The molecular weight excluding hydrogens is 436 g/mol. The number of hydrogen-bond acceptors (Lipinski definition) is 8. The van der Waals surface area contributed by atoms with Gasteiger partial charge in [0.2, 0.25) is 11.6 Å². The molecule has 2 aliphatic heterocycles. The van der Waals surface area contributed by atoms with E-state index in [1.54, 1.807) is 12.1 Å². The molecule has 2 aromatic heterocycles. The maximum absolute atomic E-state index is 13.0. The van der Waals surface area contributed by atoms with Crippen LogP contribution in [0.2, 0.25) is 0 Å². The van der Waals surface area contributed by atoms with Crippen LogP contribution in [0.4, 0.5) is 16.4 Å². The van der Waals surface area contributed by atoms with Gasteiger partial charge in [0, 0.05) is 23.6 Å². The number of aryl methyl sites for hydroxylation is 1. The van der Waals surface area contributed by atoms with Crippen molar-refractivity contribution in [3.63, 3.8) is 0 Å². The molecule has 1 saturated heterocycles. The van der Waals surface area contributed by atoms with Gasteiger partial charge >= 0.3 is 6.03 Å². The molecule has 4 rings (SSSR count). The summed E-state index contributed by atoms with van der Waals surface area (Å²) in [7, 11) is 2.06. The van der Waals surface area contributed by atoms with Gasteiger partial charge in [-0.1, -0.05) is 6.42 Å². The van der Waals surface area contributed by atoms with Gasteiger partial charge in [-0.25, -0.2) is 9.78 Å². The number of aldehydes is 1. The lowest BCUT2D eigenvalue weighted by Crippen LogP contribution is -2.56. The van der Waals surface area contributed by atoms with E-state index in [4.69, 9.17) is 10.5 Å². The first-order valence-corrected chi connectivity index (χ1v) is 11.5. The summed E-state index contributed by atoms with van der Waals surface area (Å²) in [6.45, 7) is 1.37. The van der Waals surface area contributed by atoms with Crippen molar-refractivity contribution in [3.05, 3.63) is 40.7 Å². The van der Waals surface area contributed by atoms with E-state index in [2.05, 4.69) is 28.0 Å². The van der Waals surface area contributed by atoms with E-state index in [1.807, 2.05) is 0 Å². The molecule has 2 amide bonds. The summed E-state index contributed by atoms with van der Waals surface area (Å²) in [6.07, 6.45) is 6.47. The van der Waals surface area contributed by atoms with Crippen molar-refractivity contribution >= 4 is 24.0 Å². The Kier molecular flexibility index (Phi) is 6.88. The normalized spacial score (nSPS) is 22.4. The number of carbonyl (C=O) groups is 2. The van der Waals surface area contributed by atoms with Gasteiger partial charge in [0.15, 0.2) is 6.29 Å². The lowest BCUT2D eigenvalue weighted by molar-refractivity contribution is 0.111. The van der Waals surface area contributed by atoms with Gasteiger partial charge in [-0.2, -0.15) is 10.2 Å². The maximum Gasteiger partial charge on any atom is 0.426 e. The Labute approximate surface area is 198 Å². The molecule has 10 nitrogen and oxygen atoms in total. The highest BCUT2D eigenvalue weighted by molar-refractivity contribution is 5.93. The Morgan fingerprint density at radius 2 is 2.24 bits per heavy atom. The molecule has 2 atom stereocenters. The number of nitriles is 1. The molecule has 0 saturated carbocycles. The monoisotopic (exact) mass is 465 g/mol. The first-order valence-electron chi connectivity index (χ1n) is 11.5. The Balaban J connectivity index is 1.78. The highest BCUT2D eigenvalue weighted by atomic mass is 16.5. The van der Waals surface area contributed by atoms with Crippen molar-refractivity contribution in [1.82, 2.24) is 19.4 Å². The summed E-state index contributed by atoms with van der Waals surface area (Å²) in [4.78, 5) is 35.7. The summed E-state index contributed by atoms with van der Waals surface area (Å²) in [5.74, 6) is 0.925. The lowest BCUT2D eigenvalue weighted by Gasteiger charge is -2.35. The Hall–Kier alpha value is -3.39. The number of fused-ring (bicyclic) bond motifs is 1. The molecule has 2 aliphatic rings. The number of amides is 2. The van der Waals surface area contributed by atoms with Gasteiger partial charge in [0.05, 0.1) is 18.9 Å². The summed E-state index contributed by atoms with van der Waals surface area (Å²) >= 11 is 0. The zero-order valence-electron chi connectivity index (χ0n) is 19.2. The molecule has 0 spiro atoms. The highest BCUT2D eigenvalue weighted by Crippen LogP contribution is 2.41. The van der Waals surface area contributed by atoms with E-state index in [1.165, 1.54) is 6.20 Å². The van der Waals surface area contributed by atoms with Crippen molar-refractivity contribution in [3.8, 4) is 11.8 Å². The number of piperidine rings is 1. The second kappa shape index (κ2) is 9.85. The van der Waals surface area contributed by atoms with E-state index in [-0.39, 0.29) is 29.7 Å². The zero-order chi connectivity index (χ0) is 24.3. The first kappa shape index (κ1) is 23.8. The molecule has 178 valence electrons. The van der Waals surface area contributed by atoms with E-state index in [9.17, 15) is 20.0 Å². The number of ether oxygens (including phenoxy) is 1. The van der Waals surface area contributed by atoms with Crippen LogP contribution in [0.1, 0.15) is 52.9 Å². The Morgan fingerprint density at radius 1 is 1.41 bits per heavy atom. The van der Waals surface area contributed by atoms with E-state index < -0.39 is 10.5 Å². The molecule has 0 radical (unpaired) electrons. The smallest absolute Gasteiger partial charge is 0.426 e. The first-order chi connectivity index (χ1) is 16.4. The van der Waals surface area contributed by atoms with Gasteiger partial charge in [-0.05, 0) is 38.9 Å². The maximum atomic E-state index is 13.0. The van der Waals surface area contributed by atoms with Crippen LogP contribution < -0.4 is 15.0 Å². The van der Waals surface area contributed by atoms with Crippen LogP contribution >= 0.6 is 0 Å². The third kappa shape index (κ3) is 4.14. The third-order valence-corrected chi connectivity index (χ3v) is 6.87. The number of carbonyl (C=O) groups excluding carboxylic acids is 2. The SMILES string of the molecule is CN1CCCCC1COc1cc([N+]2(C(N)=O)CCCc3cc(CO)c(C=O)nc32)ncc1C#N. The lowest BCUT2D eigenvalue weighted by atomic mass is 9.99. The summed E-state index contributed by atoms with van der Waals surface area (Å²) in [5, 5.41) is 19.2. The molecule has 4 heterocycles. The Morgan fingerprint density at radius 3 is 2.91 bits per heavy atom. The zero-order valence-corrected chi connectivity index (χ0v) is 19.2. The second-order valence-electron chi connectivity index (χ2n) is 8.86. The molecule has 34 heavy (non-hydrogen) atoms. The summed E-state index contributed by atoms with van der Waals surface area (Å²) in [5.41, 5.74) is 7.37. The number of hydrogen-bond donors (Lipinski definition) is 2. The molecule has 1 fully saturated rings. The van der Waals surface area contributed by atoms with Gasteiger partial charge < -0.3 is 20.5 Å². The molecule has 0 bridgehead atoms. The number of nitrogens with two attached hydrogens (primary N) is 1. The number of aliphatic hydroxyl groups is 1. The number of pyridine rings is 2. The van der Waals surface area contributed by atoms with Crippen molar-refractivity contribution < 1.29 is 19.4 Å².